The van der Waals surface area contributed by atoms with E-state index in [1.165, 1.54) is 70.6 Å². The second-order valence-corrected chi connectivity index (χ2v) is 17.5. The van der Waals surface area contributed by atoms with Gasteiger partial charge in [-0.05, 0) is 103 Å². The van der Waals surface area contributed by atoms with Crippen LogP contribution in [-0.4, -0.2) is 37.2 Å². The third kappa shape index (κ3) is 52.6. The van der Waals surface area contributed by atoms with Gasteiger partial charge in [0.1, 0.15) is 13.2 Å². The van der Waals surface area contributed by atoms with Crippen molar-refractivity contribution in [2.45, 2.75) is 232 Å². The monoisotopic (exact) mass is 927 g/mol. The van der Waals surface area contributed by atoms with Crippen molar-refractivity contribution in [1.29, 1.82) is 0 Å². The van der Waals surface area contributed by atoms with Crippen LogP contribution in [0.25, 0.3) is 0 Å². The van der Waals surface area contributed by atoms with Gasteiger partial charge in [0.15, 0.2) is 6.10 Å². The van der Waals surface area contributed by atoms with Crippen molar-refractivity contribution < 1.29 is 28.6 Å². The number of hydrogen-bond acceptors (Lipinski definition) is 6. The van der Waals surface area contributed by atoms with Crippen LogP contribution >= 0.6 is 0 Å². The maximum absolute atomic E-state index is 12.8. The fourth-order valence-corrected chi connectivity index (χ4v) is 7.04. The van der Waals surface area contributed by atoms with Crippen molar-refractivity contribution in [1.82, 2.24) is 0 Å². The Bertz CT molecular complexity index is 1440. The average Bonchev–Trinajstić information content (AvgIpc) is 3.33. The summed E-state index contributed by atoms with van der Waals surface area (Å²) < 4.78 is 16.8. The quantitative estimate of drug-likeness (QED) is 0.0199. The Morgan fingerprint density at radius 3 is 1.12 bits per heavy atom. The molecule has 67 heavy (non-hydrogen) atoms. The number of hydrogen-bond donors (Lipinski definition) is 0. The molecule has 378 valence electrons. The number of carbonyl (C=O) groups is 3. The summed E-state index contributed by atoms with van der Waals surface area (Å²) in [5.74, 6) is -1.000. The van der Waals surface area contributed by atoms with Gasteiger partial charge in [0, 0.05) is 19.3 Å². The summed E-state index contributed by atoms with van der Waals surface area (Å²) >= 11 is 0. The summed E-state index contributed by atoms with van der Waals surface area (Å²) in [4.78, 5) is 38.1. The van der Waals surface area contributed by atoms with Crippen LogP contribution in [0.4, 0.5) is 0 Å². The van der Waals surface area contributed by atoms with Gasteiger partial charge in [0.25, 0.3) is 0 Å². The molecule has 6 heteroatoms. The van der Waals surface area contributed by atoms with E-state index in [4.69, 9.17) is 14.2 Å². The van der Waals surface area contributed by atoms with Gasteiger partial charge in [-0.2, -0.15) is 0 Å². The van der Waals surface area contributed by atoms with Gasteiger partial charge in [-0.1, -0.05) is 226 Å². The highest BCUT2D eigenvalue weighted by molar-refractivity contribution is 5.71. The molecular formula is C61H98O6. The van der Waals surface area contributed by atoms with Crippen molar-refractivity contribution in [3.8, 4) is 0 Å². The Labute approximate surface area is 412 Å². The van der Waals surface area contributed by atoms with E-state index in [-0.39, 0.29) is 37.5 Å². The number of rotatable bonds is 47. The number of unbranched alkanes of at least 4 members (excludes halogenated alkanes) is 20. The summed E-state index contributed by atoms with van der Waals surface area (Å²) in [6.07, 6.45) is 74.7. The molecule has 0 aliphatic carbocycles. The molecule has 0 heterocycles. The first-order chi connectivity index (χ1) is 33.0. The molecule has 0 aromatic carbocycles. The largest absolute Gasteiger partial charge is 0.462 e. The van der Waals surface area contributed by atoms with Crippen LogP contribution in [0.1, 0.15) is 226 Å². The number of ether oxygens (including phenoxy) is 3. The first-order valence-electron chi connectivity index (χ1n) is 27.1. The van der Waals surface area contributed by atoms with Crippen molar-refractivity contribution in [3.05, 3.63) is 122 Å². The summed E-state index contributed by atoms with van der Waals surface area (Å²) in [6.45, 7) is 6.30. The molecule has 0 aromatic heterocycles. The SMILES string of the molecule is CC\C=C/C=C\C=C/C=C\C=C/CCCCCC(=O)OCC(COC(=O)CCCCCCC/C=C\CCCCCCCCCCC)OC(=O)CCCCC/C=C\C/C=C\C/C=C\C/C=C\CC. The smallest absolute Gasteiger partial charge is 0.306 e. The third-order valence-electron chi connectivity index (χ3n) is 11.1. The van der Waals surface area contributed by atoms with Crippen molar-refractivity contribution >= 4 is 17.9 Å². The molecule has 0 rings (SSSR count). The Morgan fingerprint density at radius 1 is 0.328 bits per heavy atom. The molecule has 0 saturated carbocycles. The maximum Gasteiger partial charge on any atom is 0.306 e. The molecule has 6 nitrogen and oxygen atoms in total. The molecule has 1 unspecified atom stereocenters. The zero-order chi connectivity index (χ0) is 48.6. The van der Waals surface area contributed by atoms with Crippen molar-refractivity contribution in [2.24, 2.45) is 0 Å². The standard InChI is InChI=1S/C61H98O6/c1-4-7-10-13-16-19-22-25-28-30-31-34-36-39-42-45-48-51-54-60(63)66-57-58(56-65-59(62)53-50-47-44-41-38-35-32-27-24-21-18-15-12-9-6-3)67-61(64)55-52-49-46-43-40-37-33-29-26-23-20-17-14-11-8-5-2/h8-9,11-12,15,17-18,20-21,24,26-27,29,31-32,34-35,37-38,40,58H,4-7,10,13-14,16,19,22-23,25,28,30,33,36,39,41-57H2,1-3H3/b11-8-,12-9-,18-15-,20-17-,24-21-,29-26-,32-27-,34-31-,38-35-,40-37-. The molecule has 1 atom stereocenters. The highest BCUT2D eigenvalue weighted by Gasteiger charge is 2.19. The highest BCUT2D eigenvalue weighted by Crippen LogP contribution is 2.13. The van der Waals surface area contributed by atoms with Crippen LogP contribution in [0.3, 0.4) is 0 Å². The van der Waals surface area contributed by atoms with Gasteiger partial charge in [-0.25, -0.2) is 0 Å². The summed E-state index contributed by atoms with van der Waals surface area (Å²) in [5, 5.41) is 0. The van der Waals surface area contributed by atoms with Crippen LogP contribution in [0.5, 0.6) is 0 Å². The molecular weight excluding hydrogens is 829 g/mol. The zero-order valence-electron chi connectivity index (χ0n) is 43.1. The van der Waals surface area contributed by atoms with E-state index in [0.717, 1.165) is 109 Å². The average molecular weight is 927 g/mol. The predicted molar refractivity (Wildman–Crippen MR) is 288 cm³/mol. The molecule has 0 aliphatic heterocycles. The Balaban J connectivity index is 4.53. The second-order valence-electron chi connectivity index (χ2n) is 17.5. The van der Waals surface area contributed by atoms with Crippen molar-refractivity contribution in [3.63, 3.8) is 0 Å². The van der Waals surface area contributed by atoms with Gasteiger partial charge in [-0.3, -0.25) is 14.4 Å². The molecule has 0 saturated heterocycles. The lowest BCUT2D eigenvalue weighted by Gasteiger charge is -2.18. The Hall–Kier alpha value is -4.19. The van der Waals surface area contributed by atoms with E-state index in [0.29, 0.717) is 19.3 Å². The van der Waals surface area contributed by atoms with Crippen molar-refractivity contribution in [2.75, 3.05) is 13.2 Å². The minimum atomic E-state index is -0.819. The lowest BCUT2D eigenvalue weighted by molar-refractivity contribution is -0.167. The van der Waals surface area contributed by atoms with Crippen LogP contribution in [0, 0.1) is 0 Å². The third-order valence-corrected chi connectivity index (χ3v) is 11.1. The van der Waals surface area contributed by atoms with Crippen LogP contribution in [-0.2, 0) is 28.6 Å². The Kier molecular flexibility index (Phi) is 51.0. The molecule has 0 bridgehead atoms. The molecule has 0 spiro atoms. The van der Waals surface area contributed by atoms with Gasteiger partial charge in [0.2, 0.25) is 0 Å². The topological polar surface area (TPSA) is 78.9 Å². The second kappa shape index (κ2) is 54.4. The molecule has 0 N–H and O–H groups in total. The van der Waals surface area contributed by atoms with Crippen LogP contribution < -0.4 is 0 Å². The maximum atomic E-state index is 12.8. The number of esters is 3. The Morgan fingerprint density at radius 2 is 0.657 bits per heavy atom. The summed E-state index contributed by atoms with van der Waals surface area (Å²) in [6, 6.07) is 0. The first-order valence-corrected chi connectivity index (χ1v) is 27.1. The molecule has 0 fully saturated rings. The van der Waals surface area contributed by atoms with Gasteiger partial charge >= 0.3 is 17.9 Å². The fraction of sp³-hybridized carbons (Fsp3) is 0.623. The van der Waals surface area contributed by atoms with E-state index in [1.54, 1.807) is 0 Å². The lowest BCUT2D eigenvalue weighted by Crippen LogP contribution is -2.30. The van der Waals surface area contributed by atoms with E-state index < -0.39 is 6.10 Å². The van der Waals surface area contributed by atoms with Gasteiger partial charge < -0.3 is 14.2 Å². The first kappa shape index (κ1) is 62.8. The normalized spacial score (nSPS) is 13.1. The summed E-state index contributed by atoms with van der Waals surface area (Å²) in [7, 11) is 0. The minimum absolute atomic E-state index is 0.112. The van der Waals surface area contributed by atoms with E-state index in [9.17, 15) is 14.4 Å². The van der Waals surface area contributed by atoms with Gasteiger partial charge in [0.05, 0.1) is 0 Å². The lowest BCUT2D eigenvalue weighted by atomic mass is 10.1. The molecule has 0 aliphatic rings. The molecule has 0 radical (unpaired) electrons. The van der Waals surface area contributed by atoms with Gasteiger partial charge in [-0.15, -0.1) is 0 Å². The van der Waals surface area contributed by atoms with E-state index in [1.807, 2.05) is 48.6 Å². The van der Waals surface area contributed by atoms with Crippen LogP contribution in [0.15, 0.2) is 122 Å². The predicted octanol–water partition coefficient (Wildman–Crippen LogP) is 18.1. The van der Waals surface area contributed by atoms with E-state index in [2.05, 4.69) is 93.7 Å². The highest BCUT2D eigenvalue weighted by atomic mass is 16.6. The minimum Gasteiger partial charge on any atom is -0.462 e. The van der Waals surface area contributed by atoms with E-state index >= 15 is 0 Å². The fourth-order valence-electron chi connectivity index (χ4n) is 7.04. The molecule has 0 amide bonds. The number of allylic oxidation sites excluding steroid dienone is 20. The molecule has 0 aromatic rings. The van der Waals surface area contributed by atoms with Crippen LogP contribution in [0.2, 0.25) is 0 Å². The number of carbonyl (C=O) groups excluding carboxylic acids is 3. The zero-order valence-corrected chi connectivity index (χ0v) is 43.1. The summed E-state index contributed by atoms with van der Waals surface area (Å²) in [5.41, 5.74) is 0.